The molecule has 0 spiro atoms. The van der Waals surface area contributed by atoms with Crippen molar-refractivity contribution < 1.29 is 4.52 Å². The third-order valence-electron chi connectivity index (χ3n) is 5.24. The van der Waals surface area contributed by atoms with Crippen molar-refractivity contribution in [3.05, 3.63) is 35.2 Å². The SMILES string of the molecule is c1nc(N2CCNCC2)cnc1-c1noc(Cc2n[nH]c3c2CCCC3)n1. The zero-order valence-electron chi connectivity index (χ0n) is 15.1. The molecular formula is C18H22N8O. The van der Waals surface area contributed by atoms with Gasteiger partial charge in [-0.15, -0.1) is 0 Å². The standard InChI is InChI=1S/C18H22N8O/c1-2-4-13-12(3-1)14(24-23-13)9-17-22-18(25-27-17)15-10-21-16(11-20-15)26-7-5-19-6-8-26/h10-11,19H,1-9H2,(H,23,24). The van der Waals surface area contributed by atoms with E-state index in [9.17, 15) is 0 Å². The fraction of sp³-hybridized carbons (Fsp3) is 0.500. The number of anilines is 1. The van der Waals surface area contributed by atoms with E-state index in [1.807, 2.05) is 0 Å². The molecule has 0 aromatic carbocycles. The van der Waals surface area contributed by atoms with Crippen LogP contribution >= 0.6 is 0 Å². The predicted octanol–water partition coefficient (Wildman–Crippen LogP) is 1.13. The highest BCUT2D eigenvalue weighted by Gasteiger charge is 2.20. The number of fused-ring (bicyclic) bond motifs is 1. The molecule has 140 valence electrons. The molecular weight excluding hydrogens is 344 g/mol. The Kier molecular flexibility index (Phi) is 4.29. The number of piperazine rings is 1. The van der Waals surface area contributed by atoms with Gasteiger partial charge >= 0.3 is 0 Å². The number of hydrogen-bond donors (Lipinski definition) is 2. The molecule has 27 heavy (non-hydrogen) atoms. The van der Waals surface area contributed by atoms with Crippen LogP contribution in [0.15, 0.2) is 16.9 Å². The zero-order chi connectivity index (χ0) is 18.1. The smallest absolute Gasteiger partial charge is 0.233 e. The lowest BCUT2D eigenvalue weighted by Gasteiger charge is -2.27. The number of aryl methyl sites for hydroxylation is 1. The van der Waals surface area contributed by atoms with Crippen molar-refractivity contribution in [2.24, 2.45) is 0 Å². The van der Waals surface area contributed by atoms with Crippen molar-refractivity contribution >= 4 is 5.82 Å². The van der Waals surface area contributed by atoms with Gasteiger partial charge in [0.2, 0.25) is 11.7 Å². The topological polar surface area (TPSA) is 109 Å². The van der Waals surface area contributed by atoms with E-state index >= 15 is 0 Å². The highest BCUT2D eigenvalue weighted by Crippen LogP contribution is 2.24. The van der Waals surface area contributed by atoms with Gasteiger partial charge in [-0.1, -0.05) is 5.16 Å². The minimum absolute atomic E-state index is 0.466. The summed E-state index contributed by atoms with van der Waals surface area (Å²) in [5, 5.41) is 15.0. The molecule has 1 aliphatic carbocycles. The van der Waals surface area contributed by atoms with Crippen molar-refractivity contribution in [1.29, 1.82) is 0 Å². The number of nitrogens with zero attached hydrogens (tertiary/aromatic N) is 6. The molecule has 1 saturated heterocycles. The molecule has 0 atom stereocenters. The van der Waals surface area contributed by atoms with E-state index in [4.69, 9.17) is 4.52 Å². The molecule has 3 aromatic rings. The van der Waals surface area contributed by atoms with E-state index in [2.05, 4.69) is 40.5 Å². The Labute approximate surface area is 156 Å². The molecule has 0 unspecified atom stereocenters. The van der Waals surface area contributed by atoms with Crippen molar-refractivity contribution in [2.75, 3.05) is 31.1 Å². The van der Waals surface area contributed by atoms with E-state index in [1.165, 1.54) is 24.1 Å². The maximum absolute atomic E-state index is 5.43. The van der Waals surface area contributed by atoms with Gasteiger partial charge in [-0.25, -0.2) is 9.97 Å². The molecule has 0 amide bonds. The monoisotopic (exact) mass is 366 g/mol. The first-order valence-corrected chi connectivity index (χ1v) is 9.52. The lowest BCUT2D eigenvalue weighted by atomic mass is 9.95. The van der Waals surface area contributed by atoms with Gasteiger partial charge in [-0.05, 0) is 31.2 Å². The van der Waals surface area contributed by atoms with Gasteiger partial charge in [-0.3, -0.25) is 5.10 Å². The second-order valence-electron chi connectivity index (χ2n) is 7.02. The summed E-state index contributed by atoms with van der Waals surface area (Å²) in [6.07, 6.45) is 8.62. The normalized spacial score (nSPS) is 17.1. The van der Waals surface area contributed by atoms with Crippen molar-refractivity contribution in [3.63, 3.8) is 0 Å². The number of nitrogens with one attached hydrogen (secondary N) is 2. The van der Waals surface area contributed by atoms with Crippen LogP contribution in [0.25, 0.3) is 11.5 Å². The van der Waals surface area contributed by atoms with Gasteiger partial charge in [0.25, 0.3) is 0 Å². The third kappa shape index (κ3) is 3.30. The minimum atomic E-state index is 0.466. The quantitative estimate of drug-likeness (QED) is 0.707. The van der Waals surface area contributed by atoms with Crippen LogP contribution in [0.5, 0.6) is 0 Å². The second kappa shape index (κ2) is 7.07. The summed E-state index contributed by atoms with van der Waals surface area (Å²) >= 11 is 0. The van der Waals surface area contributed by atoms with E-state index in [0.29, 0.717) is 23.8 Å². The number of hydrogen-bond acceptors (Lipinski definition) is 8. The van der Waals surface area contributed by atoms with Crippen LogP contribution in [0.4, 0.5) is 5.82 Å². The van der Waals surface area contributed by atoms with Crippen LogP contribution in [0.3, 0.4) is 0 Å². The predicted molar refractivity (Wildman–Crippen MR) is 98.4 cm³/mol. The van der Waals surface area contributed by atoms with Gasteiger partial charge in [-0.2, -0.15) is 10.1 Å². The third-order valence-corrected chi connectivity index (χ3v) is 5.24. The summed E-state index contributed by atoms with van der Waals surface area (Å²) < 4.78 is 5.43. The van der Waals surface area contributed by atoms with E-state index in [1.54, 1.807) is 12.4 Å². The van der Waals surface area contributed by atoms with E-state index in [-0.39, 0.29) is 0 Å². The van der Waals surface area contributed by atoms with Gasteiger partial charge in [0.05, 0.1) is 24.5 Å². The molecule has 2 N–H and O–H groups in total. The molecule has 0 saturated carbocycles. The first-order chi connectivity index (χ1) is 13.4. The summed E-state index contributed by atoms with van der Waals surface area (Å²) in [6, 6.07) is 0. The molecule has 9 nitrogen and oxygen atoms in total. The molecule has 0 bridgehead atoms. The second-order valence-corrected chi connectivity index (χ2v) is 7.02. The van der Waals surface area contributed by atoms with Crippen LogP contribution in [0.2, 0.25) is 0 Å². The lowest BCUT2D eigenvalue weighted by Crippen LogP contribution is -2.43. The van der Waals surface area contributed by atoms with Gasteiger partial charge in [0.15, 0.2) is 0 Å². The summed E-state index contributed by atoms with van der Waals surface area (Å²) in [5.74, 6) is 1.90. The summed E-state index contributed by atoms with van der Waals surface area (Å²) in [6.45, 7) is 3.81. The molecule has 4 heterocycles. The van der Waals surface area contributed by atoms with Crippen molar-refractivity contribution in [1.82, 2.24) is 35.6 Å². The molecule has 2 aliphatic rings. The molecule has 9 heteroatoms. The number of aromatic amines is 1. The maximum atomic E-state index is 5.43. The van der Waals surface area contributed by atoms with E-state index < -0.39 is 0 Å². The number of rotatable bonds is 4. The highest BCUT2D eigenvalue weighted by molar-refractivity contribution is 5.49. The average molecular weight is 366 g/mol. The van der Waals surface area contributed by atoms with Crippen LogP contribution in [-0.4, -0.2) is 56.5 Å². The first kappa shape index (κ1) is 16.4. The highest BCUT2D eigenvalue weighted by atomic mass is 16.5. The zero-order valence-corrected chi connectivity index (χ0v) is 15.1. The molecule has 1 aliphatic heterocycles. The Morgan fingerprint density at radius 3 is 2.81 bits per heavy atom. The largest absolute Gasteiger partial charge is 0.353 e. The first-order valence-electron chi connectivity index (χ1n) is 9.52. The van der Waals surface area contributed by atoms with Gasteiger partial charge < -0.3 is 14.7 Å². The lowest BCUT2D eigenvalue weighted by molar-refractivity contribution is 0.384. The summed E-state index contributed by atoms with van der Waals surface area (Å²) in [4.78, 5) is 15.7. The van der Waals surface area contributed by atoms with Crippen molar-refractivity contribution in [2.45, 2.75) is 32.1 Å². The molecule has 0 radical (unpaired) electrons. The molecule has 3 aromatic heterocycles. The fourth-order valence-electron chi connectivity index (χ4n) is 3.76. The maximum Gasteiger partial charge on any atom is 0.233 e. The van der Waals surface area contributed by atoms with Crippen LogP contribution < -0.4 is 10.2 Å². The van der Waals surface area contributed by atoms with Crippen LogP contribution in [-0.2, 0) is 19.3 Å². The number of H-pyrrole nitrogens is 1. The Hall–Kier alpha value is -2.81. The van der Waals surface area contributed by atoms with Crippen molar-refractivity contribution in [3.8, 4) is 11.5 Å². The van der Waals surface area contributed by atoms with Crippen LogP contribution in [0, 0.1) is 0 Å². The van der Waals surface area contributed by atoms with Gasteiger partial charge in [0.1, 0.15) is 11.5 Å². The Bertz CT molecular complexity index is 910. The summed E-state index contributed by atoms with van der Waals surface area (Å²) in [7, 11) is 0. The van der Waals surface area contributed by atoms with Crippen LogP contribution in [0.1, 0.15) is 35.7 Å². The summed E-state index contributed by atoms with van der Waals surface area (Å²) in [5.41, 5.74) is 4.21. The minimum Gasteiger partial charge on any atom is -0.353 e. The molecule has 1 fully saturated rings. The average Bonchev–Trinajstić information content (AvgIpc) is 3.37. The Morgan fingerprint density at radius 1 is 1.07 bits per heavy atom. The number of aromatic nitrogens is 6. The van der Waals surface area contributed by atoms with Gasteiger partial charge in [0, 0.05) is 31.9 Å². The van der Waals surface area contributed by atoms with E-state index in [0.717, 1.165) is 50.5 Å². The Morgan fingerprint density at radius 2 is 1.96 bits per heavy atom. The Balaban J connectivity index is 1.31. The fourth-order valence-corrected chi connectivity index (χ4v) is 3.76. The molecule has 5 rings (SSSR count).